The zero-order valence-electron chi connectivity index (χ0n) is 13.1. The normalized spacial score (nSPS) is 22.2. The van der Waals surface area contributed by atoms with E-state index < -0.39 is 6.10 Å². The average molecular weight is 277 g/mol. The largest absolute Gasteiger partial charge is 0.390 e. The lowest BCUT2D eigenvalue weighted by Gasteiger charge is -2.37. The van der Waals surface area contributed by atoms with Gasteiger partial charge in [0.2, 0.25) is 0 Å². The van der Waals surface area contributed by atoms with Crippen molar-refractivity contribution in [3.63, 3.8) is 0 Å². The molecule has 1 aliphatic heterocycles. The van der Waals surface area contributed by atoms with Crippen LogP contribution >= 0.6 is 0 Å². The molecular formula is C17H27NO2. The molecule has 3 nitrogen and oxygen atoms in total. The van der Waals surface area contributed by atoms with Crippen molar-refractivity contribution in [2.24, 2.45) is 0 Å². The average Bonchev–Trinajstić information content (AvgIpc) is 2.43. The molecule has 0 bridgehead atoms. The van der Waals surface area contributed by atoms with Crippen LogP contribution in [0.4, 0.5) is 0 Å². The van der Waals surface area contributed by atoms with Crippen LogP contribution in [-0.2, 0) is 11.2 Å². The lowest BCUT2D eigenvalue weighted by Crippen LogP contribution is -2.50. The molecule has 0 amide bonds. The Balaban J connectivity index is 2.00. The number of aliphatic hydroxyl groups excluding tert-OH is 1. The maximum Gasteiger partial charge on any atom is 0.0964 e. The van der Waals surface area contributed by atoms with E-state index in [0.29, 0.717) is 19.1 Å². The third-order valence-corrected chi connectivity index (χ3v) is 4.22. The van der Waals surface area contributed by atoms with E-state index in [1.807, 2.05) is 0 Å². The standard InChI is InChI=1S/C17H27NO2/c1-12(2)18-7-8-20-17(11-18)16(19)10-15-9-13(3)5-6-14(15)4/h5-6,9,12,16-17,19H,7-8,10-11H2,1-4H3. The minimum atomic E-state index is -0.433. The van der Waals surface area contributed by atoms with Gasteiger partial charge in [0.1, 0.15) is 0 Å². The van der Waals surface area contributed by atoms with Gasteiger partial charge in [0, 0.05) is 25.6 Å². The lowest BCUT2D eigenvalue weighted by molar-refractivity contribution is -0.0941. The van der Waals surface area contributed by atoms with Crippen molar-refractivity contribution in [3.05, 3.63) is 34.9 Å². The summed E-state index contributed by atoms with van der Waals surface area (Å²) in [6.45, 7) is 11.1. The van der Waals surface area contributed by atoms with Gasteiger partial charge in [0.25, 0.3) is 0 Å². The van der Waals surface area contributed by atoms with Crippen LogP contribution < -0.4 is 0 Å². The Labute approximate surface area is 122 Å². The highest BCUT2D eigenvalue weighted by atomic mass is 16.5. The zero-order valence-corrected chi connectivity index (χ0v) is 13.1. The van der Waals surface area contributed by atoms with Crippen LogP contribution in [0.2, 0.25) is 0 Å². The molecule has 1 aliphatic rings. The van der Waals surface area contributed by atoms with Crippen molar-refractivity contribution >= 4 is 0 Å². The number of aryl methyl sites for hydroxylation is 2. The van der Waals surface area contributed by atoms with Gasteiger partial charge in [-0.15, -0.1) is 0 Å². The predicted molar refractivity (Wildman–Crippen MR) is 82.1 cm³/mol. The third kappa shape index (κ3) is 3.81. The Hall–Kier alpha value is -0.900. The molecule has 2 rings (SSSR count). The van der Waals surface area contributed by atoms with Crippen molar-refractivity contribution in [2.45, 2.75) is 52.4 Å². The first-order valence-electron chi connectivity index (χ1n) is 7.57. The Morgan fingerprint density at radius 2 is 2.10 bits per heavy atom. The van der Waals surface area contributed by atoms with E-state index >= 15 is 0 Å². The molecular weight excluding hydrogens is 250 g/mol. The molecule has 0 spiro atoms. The molecule has 1 aromatic carbocycles. The monoisotopic (exact) mass is 277 g/mol. The second-order valence-corrected chi connectivity index (χ2v) is 6.20. The molecule has 0 aliphatic carbocycles. The number of hydrogen-bond donors (Lipinski definition) is 1. The van der Waals surface area contributed by atoms with Gasteiger partial charge in [0.05, 0.1) is 18.8 Å². The minimum Gasteiger partial charge on any atom is -0.390 e. The zero-order chi connectivity index (χ0) is 14.7. The van der Waals surface area contributed by atoms with Crippen LogP contribution in [0.5, 0.6) is 0 Å². The van der Waals surface area contributed by atoms with Gasteiger partial charge >= 0.3 is 0 Å². The number of rotatable bonds is 4. The van der Waals surface area contributed by atoms with Gasteiger partial charge in [-0.2, -0.15) is 0 Å². The van der Waals surface area contributed by atoms with Crippen LogP contribution in [-0.4, -0.2) is 48.0 Å². The SMILES string of the molecule is Cc1ccc(C)c(CC(O)C2CN(C(C)C)CCO2)c1. The van der Waals surface area contributed by atoms with E-state index in [2.05, 4.69) is 50.8 Å². The smallest absolute Gasteiger partial charge is 0.0964 e. The van der Waals surface area contributed by atoms with Crippen molar-refractivity contribution in [1.29, 1.82) is 0 Å². The van der Waals surface area contributed by atoms with Gasteiger partial charge in [-0.3, -0.25) is 4.90 Å². The van der Waals surface area contributed by atoms with Gasteiger partial charge in [-0.25, -0.2) is 0 Å². The summed E-state index contributed by atoms with van der Waals surface area (Å²) in [5, 5.41) is 10.5. The first-order chi connectivity index (χ1) is 9.47. The number of benzene rings is 1. The number of aliphatic hydroxyl groups is 1. The van der Waals surface area contributed by atoms with Crippen LogP contribution in [0, 0.1) is 13.8 Å². The molecule has 0 aromatic heterocycles. The second-order valence-electron chi connectivity index (χ2n) is 6.20. The summed E-state index contributed by atoms with van der Waals surface area (Å²) < 4.78 is 5.77. The van der Waals surface area contributed by atoms with Crippen molar-refractivity contribution < 1.29 is 9.84 Å². The van der Waals surface area contributed by atoms with Crippen molar-refractivity contribution in [1.82, 2.24) is 4.90 Å². The molecule has 112 valence electrons. The highest BCUT2D eigenvalue weighted by Crippen LogP contribution is 2.18. The fourth-order valence-electron chi connectivity index (χ4n) is 2.78. The van der Waals surface area contributed by atoms with Gasteiger partial charge in [-0.05, 0) is 38.8 Å². The van der Waals surface area contributed by atoms with E-state index in [1.165, 1.54) is 16.7 Å². The molecule has 0 radical (unpaired) electrons. The van der Waals surface area contributed by atoms with E-state index in [1.54, 1.807) is 0 Å². The summed E-state index contributed by atoms with van der Waals surface area (Å²) in [7, 11) is 0. The Kier molecular flexibility index (Phi) is 5.19. The summed E-state index contributed by atoms with van der Waals surface area (Å²) in [5.41, 5.74) is 3.71. The topological polar surface area (TPSA) is 32.7 Å². The third-order valence-electron chi connectivity index (χ3n) is 4.22. The summed E-state index contributed by atoms with van der Waals surface area (Å²) >= 11 is 0. The second kappa shape index (κ2) is 6.70. The number of ether oxygens (including phenoxy) is 1. The molecule has 3 heteroatoms. The van der Waals surface area contributed by atoms with Crippen LogP contribution in [0.3, 0.4) is 0 Å². The Morgan fingerprint density at radius 1 is 1.35 bits per heavy atom. The first kappa shape index (κ1) is 15.5. The fourth-order valence-corrected chi connectivity index (χ4v) is 2.78. The van der Waals surface area contributed by atoms with Crippen LogP contribution in [0.25, 0.3) is 0 Å². The highest BCUT2D eigenvalue weighted by molar-refractivity contribution is 5.31. The fraction of sp³-hybridized carbons (Fsp3) is 0.647. The molecule has 0 saturated carbocycles. The maximum absolute atomic E-state index is 10.5. The van der Waals surface area contributed by atoms with Crippen LogP contribution in [0.1, 0.15) is 30.5 Å². The Morgan fingerprint density at radius 3 is 2.80 bits per heavy atom. The molecule has 1 saturated heterocycles. The van der Waals surface area contributed by atoms with Gasteiger partial charge < -0.3 is 9.84 Å². The van der Waals surface area contributed by atoms with Gasteiger partial charge in [0.15, 0.2) is 0 Å². The quantitative estimate of drug-likeness (QED) is 0.917. The molecule has 2 unspecified atom stereocenters. The molecule has 2 atom stereocenters. The summed E-state index contributed by atoms with van der Waals surface area (Å²) in [5.74, 6) is 0. The maximum atomic E-state index is 10.5. The molecule has 20 heavy (non-hydrogen) atoms. The molecule has 1 fully saturated rings. The minimum absolute atomic E-state index is 0.0777. The van der Waals surface area contributed by atoms with E-state index in [9.17, 15) is 5.11 Å². The molecule has 1 N–H and O–H groups in total. The van der Waals surface area contributed by atoms with E-state index in [0.717, 1.165) is 13.1 Å². The predicted octanol–water partition coefficient (Wildman–Crippen LogP) is 2.32. The van der Waals surface area contributed by atoms with Crippen LogP contribution in [0.15, 0.2) is 18.2 Å². The number of morpholine rings is 1. The molecule has 1 heterocycles. The van der Waals surface area contributed by atoms with Gasteiger partial charge in [-0.1, -0.05) is 23.8 Å². The molecule has 1 aromatic rings. The first-order valence-corrected chi connectivity index (χ1v) is 7.57. The highest BCUT2D eigenvalue weighted by Gasteiger charge is 2.28. The number of hydrogen-bond acceptors (Lipinski definition) is 3. The Bertz CT molecular complexity index is 445. The van der Waals surface area contributed by atoms with Crippen molar-refractivity contribution in [2.75, 3.05) is 19.7 Å². The van der Waals surface area contributed by atoms with Crippen molar-refractivity contribution in [3.8, 4) is 0 Å². The van der Waals surface area contributed by atoms with E-state index in [4.69, 9.17) is 4.74 Å². The summed E-state index contributed by atoms with van der Waals surface area (Å²) in [6, 6.07) is 6.92. The lowest BCUT2D eigenvalue weighted by atomic mass is 9.97. The summed E-state index contributed by atoms with van der Waals surface area (Å²) in [4.78, 5) is 2.38. The summed E-state index contributed by atoms with van der Waals surface area (Å²) in [6.07, 6.45) is 0.160. The number of nitrogens with zero attached hydrogens (tertiary/aromatic N) is 1. The van der Waals surface area contributed by atoms with E-state index in [-0.39, 0.29) is 6.10 Å².